The molecular weight excluding hydrogens is 260 g/mol. The number of allylic oxidation sites excluding steroid dienone is 2. The molecule has 2 N–H and O–H groups in total. The molecule has 4 aliphatic rings. The van der Waals surface area contributed by atoms with Crippen LogP contribution in [0.1, 0.15) is 51.9 Å². The molecule has 4 aliphatic carbocycles. The van der Waals surface area contributed by atoms with Crippen molar-refractivity contribution >= 4 is 0 Å². The minimum absolute atomic E-state index is 0.102. The molecule has 0 bridgehead atoms. The Morgan fingerprint density at radius 2 is 1.95 bits per heavy atom. The Kier molecular flexibility index (Phi) is 3.31. The van der Waals surface area contributed by atoms with Crippen molar-refractivity contribution in [1.82, 2.24) is 0 Å². The minimum atomic E-state index is -0.248. The third-order valence-electron chi connectivity index (χ3n) is 7.25. The summed E-state index contributed by atoms with van der Waals surface area (Å²) in [5, 5.41) is 20.4. The van der Waals surface area contributed by atoms with Crippen molar-refractivity contribution in [2.75, 3.05) is 0 Å². The van der Waals surface area contributed by atoms with Gasteiger partial charge in [0.25, 0.3) is 0 Å². The zero-order valence-electron chi connectivity index (χ0n) is 13.0. The van der Waals surface area contributed by atoms with Crippen LogP contribution in [-0.4, -0.2) is 22.4 Å². The fraction of sp³-hybridized carbons (Fsp3) is 0.789. The van der Waals surface area contributed by atoms with Gasteiger partial charge in [0, 0.05) is 5.41 Å². The van der Waals surface area contributed by atoms with Crippen LogP contribution >= 0.6 is 0 Å². The molecule has 7 atom stereocenters. The summed E-state index contributed by atoms with van der Waals surface area (Å²) in [6.07, 6.45) is 14.1. The summed E-state index contributed by atoms with van der Waals surface area (Å²) in [4.78, 5) is 0. The molecule has 0 aromatic rings. The molecule has 2 fully saturated rings. The molecule has 0 aliphatic heterocycles. The van der Waals surface area contributed by atoms with E-state index in [4.69, 9.17) is 0 Å². The molecule has 2 saturated carbocycles. The second-order valence-corrected chi connectivity index (χ2v) is 8.12. The van der Waals surface area contributed by atoms with Gasteiger partial charge in [-0.05, 0) is 68.6 Å². The van der Waals surface area contributed by atoms with Gasteiger partial charge in [-0.25, -0.2) is 0 Å². The number of hydrogen-bond donors (Lipinski definition) is 2. The zero-order valence-corrected chi connectivity index (χ0v) is 13.0. The fourth-order valence-corrected chi connectivity index (χ4v) is 6.05. The predicted octanol–water partition coefficient (Wildman–Crippen LogP) is 3.45. The maximum absolute atomic E-state index is 10.5. The Bertz CT molecular complexity index is 480. The lowest BCUT2D eigenvalue weighted by Gasteiger charge is -2.57. The molecule has 7 unspecified atom stereocenters. The first-order valence-corrected chi connectivity index (χ1v) is 8.83. The molecule has 0 spiro atoms. The Hall–Kier alpha value is -0.600. The Labute approximate surface area is 127 Å². The highest BCUT2D eigenvalue weighted by Gasteiger charge is 2.53. The van der Waals surface area contributed by atoms with Crippen LogP contribution in [0.15, 0.2) is 23.8 Å². The second kappa shape index (κ2) is 4.96. The van der Waals surface area contributed by atoms with E-state index in [0.29, 0.717) is 5.92 Å². The lowest BCUT2D eigenvalue weighted by atomic mass is 9.49. The average molecular weight is 288 g/mol. The summed E-state index contributed by atoms with van der Waals surface area (Å²) in [6, 6.07) is 0. The van der Waals surface area contributed by atoms with Crippen LogP contribution in [0.4, 0.5) is 0 Å². The van der Waals surface area contributed by atoms with Crippen molar-refractivity contribution in [3.8, 4) is 0 Å². The molecule has 0 amide bonds. The molecule has 0 radical (unpaired) electrons. The maximum atomic E-state index is 10.5. The standard InChI is InChI=1S/C19H28O2/c1-19-10-9-15-14-8-6-13(20)11-12(14)5-7-16(15)17(19)3-2-4-18(19)21/h2,4,11,13-18,20-21H,3,5-10H2,1H3. The number of hydrogen-bond acceptors (Lipinski definition) is 2. The summed E-state index contributed by atoms with van der Waals surface area (Å²) in [5.74, 6) is 2.96. The first-order chi connectivity index (χ1) is 10.1. The van der Waals surface area contributed by atoms with Crippen molar-refractivity contribution in [3.05, 3.63) is 23.8 Å². The third kappa shape index (κ3) is 2.06. The quantitative estimate of drug-likeness (QED) is 0.670. The van der Waals surface area contributed by atoms with Crippen molar-refractivity contribution in [3.63, 3.8) is 0 Å². The molecule has 21 heavy (non-hydrogen) atoms. The Morgan fingerprint density at radius 3 is 2.81 bits per heavy atom. The first kappa shape index (κ1) is 14.0. The highest BCUT2D eigenvalue weighted by Crippen LogP contribution is 2.59. The molecular formula is C19H28O2. The minimum Gasteiger partial charge on any atom is -0.389 e. The highest BCUT2D eigenvalue weighted by atomic mass is 16.3. The molecule has 2 nitrogen and oxygen atoms in total. The van der Waals surface area contributed by atoms with Gasteiger partial charge >= 0.3 is 0 Å². The third-order valence-corrected chi connectivity index (χ3v) is 7.25. The second-order valence-electron chi connectivity index (χ2n) is 8.12. The van der Waals surface area contributed by atoms with Crippen LogP contribution < -0.4 is 0 Å². The molecule has 0 aromatic carbocycles. The van der Waals surface area contributed by atoms with Crippen LogP contribution in [0.5, 0.6) is 0 Å². The Morgan fingerprint density at radius 1 is 1.10 bits per heavy atom. The van der Waals surface area contributed by atoms with Crippen LogP contribution in [-0.2, 0) is 0 Å². The molecule has 0 heterocycles. The number of rotatable bonds is 0. The van der Waals surface area contributed by atoms with Crippen molar-refractivity contribution in [2.45, 2.75) is 64.1 Å². The van der Waals surface area contributed by atoms with Crippen molar-refractivity contribution < 1.29 is 10.2 Å². The van der Waals surface area contributed by atoms with E-state index in [-0.39, 0.29) is 17.6 Å². The van der Waals surface area contributed by atoms with Gasteiger partial charge in [0.05, 0.1) is 12.2 Å². The zero-order chi connectivity index (χ0) is 14.6. The van der Waals surface area contributed by atoms with E-state index in [2.05, 4.69) is 19.1 Å². The van der Waals surface area contributed by atoms with Crippen LogP contribution in [0.25, 0.3) is 0 Å². The molecule has 116 valence electrons. The van der Waals surface area contributed by atoms with E-state index in [9.17, 15) is 10.2 Å². The lowest BCUT2D eigenvalue weighted by molar-refractivity contribution is -0.0817. The SMILES string of the molecule is CC12CCC3C4CCC(O)C=C4CCC3C1CC=CC2O. The normalized spacial score (nSPS) is 52.4. The van der Waals surface area contributed by atoms with Gasteiger partial charge in [-0.3, -0.25) is 0 Å². The maximum Gasteiger partial charge on any atom is 0.0777 e. The average Bonchev–Trinajstić information content (AvgIpc) is 2.48. The molecule has 2 heteroatoms. The van der Waals surface area contributed by atoms with Crippen LogP contribution in [0.3, 0.4) is 0 Å². The topological polar surface area (TPSA) is 40.5 Å². The van der Waals surface area contributed by atoms with E-state index in [1.807, 2.05) is 6.08 Å². The van der Waals surface area contributed by atoms with E-state index in [0.717, 1.165) is 37.0 Å². The van der Waals surface area contributed by atoms with E-state index >= 15 is 0 Å². The number of fused-ring (bicyclic) bond motifs is 5. The van der Waals surface area contributed by atoms with Crippen molar-refractivity contribution in [1.29, 1.82) is 0 Å². The first-order valence-electron chi connectivity index (χ1n) is 8.83. The summed E-state index contributed by atoms with van der Waals surface area (Å²) >= 11 is 0. The Balaban J connectivity index is 1.63. The van der Waals surface area contributed by atoms with Gasteiger partial charge in [-0.1, -0.05) is 30.7 Å². The largest absolute Gasteiger partial charge is 0.389 e. The smallest absolute Gasteiger partial charge is 0.0777 e. The van der Waals surface area contributed by atoms with E-state index in [1.165, 1.54) is 25.7 Å². The summed E-state index contributed by atoms with van der Waals surface area (Å²) in [6.45, 7) is 2.32. The van der Waals surface area contributed by atoms with Gasteiger partial charge in [0.1, 0.15) is 0 Å². The molecule has 0 saturated heterocycles. The highest BCUT2D eigenvalue weighted by molar-refractivity contribution is 5.21. The van der Waals surface area contributed by atoms with Crippen LogP contribution in [0.2, 0.25) is 0 Å². The predicted molar refractivity (Wildman–Crippen MR) is 83.6 cm³/mol. The lowest BCUT2D eigenvalue weighted by Crippen LogP contribution is -2.52. The van der Waals surface area contributed by atoms with Crippen LogP contribution in [0, 0.1) is 29.1 Å². The monoisotopic (exact) mass is 288 g/mol. The van der Waals surface area contributed by atoms with E-state index < -0.39 is 0 Å². The van der Waals surface area contributed by atoms with Gasteiger partial charge in [-0.15, -0.1) is 0 Å². The van der Waals surface area contributed by atoms with Gasteiger partial charge < -0.3 is 10.2 Å². The summed E-state index contributed by atoms with van der Waals surface area (Å²) in [5.41, 5.74) is 1.65. The van der Waals surface area contributed by atoms with Gasteiger partial charge in [0.15, 0.2) is 0 Å². The van der Waals surface area contributed by atoms with Gasteiger partial charge in [0.2, 0.25) is 0 Å². The molecule has 4 rings (SSSR count). The number of aliphatic hydroxyl groups is 2. The molecule has 0 aromatic heterocycles. The summed E-state index contributed by atoms with van der Waals surface area (Å²) in [7, 11) is 0. The van der Waals surface area contributed by atoms with Gasteiger partial charge in [-0.2, -0.15) is 0 Å². The van der Waals surface area contributed by atoms with Crippen molar-refractivity contribution in [2.24, 2.45) is 29.1 Å². The number of aliphatic hydroxyl groups excluding tert-OH is 2. The van der Waals surface area contributed by atoms with E-state index in [1.54, 1.807) is 5.57 Å². The summed E-state index contributed by atoms with van der Waals surface area (Å²) < 4.78 is 0. The fourth-order valence-electron chi connectivity index (χ4n) is 6.05.